The Morgan fingerprint density at radius 2 is 1.76 bits per heavy atom. The Morgan fingerprint density at radius 1 is 1.15 bits per heavy atom. The molecule has 1 atom stereocenters. The topological polar surface area (TPSA) is 123 Å². The van der Waals surface area contributed by atoms with Gasteiger partial charge in [-0.1, -0.05) is 54.6 Å². The highest BCUT2D eigenvalue weighted by atomic mass is 16.5. The van der Waals surface area contributed by atoms with E-state index in [-0.39, 0.29) is 30.3 Å². The van der Waals surface area contributed by atoms with Crippen molar-refractivity contribution in [2.75, 3.05) is 11.9 Å². The minimum Gasteiger partial charge on any atom is -0.476 e. The van der Waals surface area contributed by atoms with Gasteiger partial charge in [0.15, 0.2) is 5.69 Å². The second-order valence-corrected chi connectivity index (χ2v) is 7.91. The van der Waals surface area contributed by atoms with Crippen LogP contribution < -0.4 is 10.6 Å². The molecule has 0 saturated heterocycles. The average Bonchev–Trinajstić information content (AvgIpc) is 3.35. The van der Waals surface area contributed by atoms with Crippen molar-refractivity contribution < 1.29 is 24.2 Å². The van der Waals surface area contributed by atoms with Gasteiger partial charge in [-0.2, -0.15) is 5.10 Å². The van der Waals surface area contributed by atoms with Gasteiger partial charge in [0.1, 0.15) is 12.6 Å². The Bertz CT molecular complexity index is 1220. The maximum absolute atomic E-state index is 12.8. The normalized spacial score (nSPS) is 12.9. The number of carbonyl (C=O) groups excluding carboxylic acids is 2. The lowest BCUT2D eigenvalue weighted by Gasteiger charge is -2.18. The standard InChI is InChI=1S/C25H24N4O5/c1-3-8-20(23(30)26-21-13-29(2)28-22(21)24(31)32)27-25(33)34-14-19-17-11-6-4-9-15(17)16-10-5-7-12-18(16)19/h3-7,9-13,19-20H,1,8,14H2,2H3,(H,26,30)(H,27,33)(H,31,32). The third-order valence-corrected chi connectivity index (χ3v) is 5.64. The molecule has 0 saturated carbocycles. The smallest absolute Gasteiger partial charge is 0.407 e. The summed E-state index contributed by atoms with van der Waals surface area (Å²) in [6.07, 6.45) is 2.22. The lowest BCUT2D eigenvalue weighted by Crippen LogP contribution is -2.44. The number of ether oxygens (including phenoxy) is 1. The molecule has 1 heterocycles. The molecule has 0 spiro atoms. The molecule has 0 fully saturated rings. The fourth-order valence-corrected chi connectivity index (χ4v) is 4.14. The number of aromatic nitrogens is 2. The summed E-state index contributed by atoms with van der Waals surface area (Å²) < 4.78 is 6.79. The number of benzene rings is 2. The molecule has 174 valence electrons. The number of nitrogens with zero attached hydrogens (tertiary/aromatic N) is 2. The van der Waals surface area contributed by atoms with E-state index in [0.717, 1.165) is 22.3 Å². The summed E-state index contributed by atoms with van der Waals surface area (Å²) in [7, 11) is 1.54. The zero-order valence-electron chi connectivity index (χ0n) is 18.5. The van der Waals surface area contributed by atoms with Crippen molar-refractivity contribution in [2.24, 2.45) is 7.05 Å². The number of anilines is 1. The number of aromatic carboxylic acids is 1. The van der Waals surface area contributed by atoms with Gasteiger partial charge in [0.2, 0.25) is 5.91 Å². The number of nitrogens with one attached hydrogen (secondary N) is 2. The van der Waals surface area contributed by atoms with E-state index in [2.05, 4.69) is 22.3 Å². The predicted octanol–water partition coefficient (Wildman–Crippen LogP) is 3.54. The van der Waals surface area contributed by atoms with Gasteiger partial charge >= 0.3 is 12.1 Å². The van der Waals surface area contributed by atoms with Crippen molar-refractivity contribution in [3.05, 3.63) is 84.2 Å². The molecule has 4 rings (SSSR count). The van der Waals surface area contributed by atoms with E-state index in [1.165, 1.54) is 24.0 Å². The van der Waals surface area contributed by atoms with E-state index >= 15 is 0 Å². The molecule has 3 N–H and O–H groups in total. The largest absolute Gasteiger partial charge is 0.476 e. The number of fused-ring (bicyclic) bond motifs is 3. The molecule has 9 heteroatoms. The first kappa shape index (κ1) is 22.8. The molecule has 0 radical (unpaired) electrons. The SMILES string of the molecule is C=CCC(NC(=O)OCC1c2ccccc2-c2ccccc21)C(=O)Nc1cn(C)nc1C(=O)O. The second kappa shape index (κ2) is 9.62. The monoisotopic (exact) mass is 460 g/mol. The van der Waals surface area contributed by atoms with Crippen molar-refractivity contribution >= 4 is 23.7 Å². The van der Waals surface area contributed by atoms with Crippen LogP contribution in [0.1, 0.15) is 34.0 Å². The van der Waals surface area contributed by atoms with Gasteiger partial charge in [0, 0.05) is 19.2 Å². The molecule has 1 aliphatic rings. The Morgan fingerprint density at radius 3 is 2.35 bits per heavy atom. The van der Waals surface area contributed by atoms with Crippen LogP contribution in [-0.2, 0) is 16.6 Å². The number of aryl methyl sites for hydroxylation is 1. The molecule has 2 amide bonds. The van der Waals surface area contributed by atoms with Gasteiger partial charge in [0.05, 0.1) is 5.69 Å². The molecule has 0 aliphatic heterocycles. The number of carboxylic acids is 1. The second-order valence-electron chi connectivity index (χ2n) is 7.91. The van der Waals surface area contributed by atoms with E-state index in [4.69, 9.17) is 4.74 Å². The maximum Gasteiger partial charge on any atom is 0.407 e. The fraction of sp³-hybridized carbons (Fsp3) is 0.200. The van der Waals surface area contributed by atoms with Crippen LogP contribution in [0.4, 0.5) is 10.5 Å². The molecule has 2 aromatic carbocycles. The lowest BCUT2D eigenvalue weighted by molar-refractivity contribution is -0.118. The Labute approximate surface area is 196 Å². The quantitative estimate of drug-likeness (QED) is 0.442. The van der Waals surface area contributed by atoms with E-state index in [1.807, 2.05) is 48.5 Å². The average molecular weight is 460 g/mol. The molecule has 1 aromatic heterocycles. The summed E-state index contributed by atoms with van der Waals surface area (Å²) in [4.78, 5) is 36.7. The molecule has 0 bridgehead atoms. The van der Waals surface area contributed by atoms with Gasteiger partial charge in [-0.05, 0) is 28.7 Å². The van der Waals surface area contributed by atoms with Crippen LogP contribution in [0.2, 0.25) is 0 Å². The predicted molar refractivity (Wildman–Crippen MR) is 126 cm³/mol. The zero-order chi connectivity index (χ0) is 24.2. The first-order valence-electron chi connectivity index (χ1n) is 10.7. The third kappa shape index (κ3) is 4.54. The fourth-order valence-electron chi connectivity index (χ4n) is 4.14. The van der Waals surface area contributed by atoms with E-state index in [9.17, 15) is 19.5 Å². The molecule has 1 aliphatic carbocycles. The summed E-state index contributed by atoms with van der Waals surface area (Å²) >= 11 is 0. The molecular formula is C25H24N4O5. The lowest BCUT2D eigenvalue weighted by atomic mass is 9.98. The van der Waals surface area contributed by atoms with Crippen molar-refractivity contribution in [1.29, 1.82) is 0 Å². The number of rotatable bonds is 8. The minimum atomic E-state index is -1.28. The Balaban J connectivity index is 1.43. The highest BCUT2D eigenvalue weighted by molar-refractivity contribution is 6.01. The highest BCUT2D eigenvalue weighted by Gasteiger charge is 2.30. The van der Waals surface area contributed by atoms with E-state index in [0.29, 0.717) is 0 Å². The van der Waals surface area contributed by atoms with Crippen LogP contribution in [0.5, 0.6) is 0 Å². The maximum atomic E-state index is 12.8. The van der Waals surface area contributed by atoms with Crippen LogP contribution in [0.25, 0.3) is 11.1 Å². The van der Waals surface area contributed by atoms with Gasteiger partial charge in [0.25, 0.3) is 0 Å². The van der Waals surface area contributed by atoms with Crippen LogP contribution in [-0.4, -0.2) is 45.5 Å². The summed E-state index contributed by atoms with van der Waals surface area (Å²) in [5.41, 5.74) is 4.12. The number of alkyl carbamates (subject to hydrolysis) is 1. The van der Waals surface area contributed by atoms with Crippen molar-refractivity contribution in [3.8, 4) is 11.1 Å². The third-order valence-electron chi connectivity index (χ3n) is 5.64. The molecular weight excluding hydrogens is 436 g/mol. The van der Waals surface area contributed by atoms with Crippen LogP contribution in [0.3, 0.4) is 0 Å². The summed E-state index contributed by atoms with van der Waals surface area (Å²) in [6.45, 7) is 3.73. The minimum absolute atomic E-state index is 0.0309. The molecule has 3 aromatic rings. The van der Waals surface area contributed by atoms with Crippen molar-refractivity contribution in [3.63, 3.8) is 0 Å². The Kier molecular flexibility index (Phi) is 6.44. The van der Waals surface area contributed by atoms with Gasteiger partial charge in [-0.25, -0.2) is 9.59 Å². The molecule has 9 nitrogen and oxygen atoms in total. The van der Waals surface area contributed by atoms with Gasteiger partial charge < -0.3 is 20.5 Å². The number of hydrogen-bond donors (Lipinski definition) is 3. The van der Waals surface area contributed by atoms with Gasteiger partial charge in [-0.15, -0.1) is 6.58 Å². The highest BCUT2D eigenvalue weighted by Crippen LogP contribution is 2.44. The summed E-state index contributed by atoms with van der Waals surface area (Å²) in [5.74, 6) is -2.00. The van der Waals surface area contributed by atoms with Crippen molar-refractivity contribution in [1.82, 2.24) is 15.1 Å². The van der Waals surface area contributed by atoms with E-state index in [1.54, 1.807) is 0 Å². The summed E-state index contributed by atoms with van der Waals surface area (Å²) in [5, 5.41) is 18.1. The summed E-state index contributed by atoms with van der Waals surface area (Å²) in [6, 6.07) is 15.0. The van der Waals surface area contributed by atoms with Crippen molar-refractivity contribution in [2.45, 2.75) is 18.4 Å². The van der Waals surface area contributed by atoms with Gasteiger partial charge in [-0.3, -0.25) is 9.48 Å². The van der Waals surface area contributed by atoms with E-state index < -0.39 is 24.0 Å². The molecule has 34 heavy (non-hydrogen) atoms. The van der Waals surface area contributed by atoms with Crippen LogP contribution in [0, 0.1) is 0 Å². The first-order valence-corrected chi connectivity index (χ1v) is 10.7. The number of carbonyl (C=O) groups is 3. The number of carboxylic acid groups (broad SMARTS) is 1. The Hall–Kier alpha value is -4.40. The van der Waals surface area contributed by atoms with Crippen LogP contribution >= 0.6 is 0 Å². The first-order chi connectivity index (χ1) is 16.4. The van der Waals surface area contributed by atoms with Crippen LogP contribution in [0.15, 0.2) is 67.4 Å². The molecule has 1 unspecified atom stereocenters. The number of hydrogen-bond acceptors (Lipinski definition) is 5. The zero-order valence-corrected chi connectivity index (χ0v) is 18.5. The number of amides is 2.